The van der Waals surface area contributed by atoms with Gasteiger partial charge in [0.25, 0.3) is 0 Å². The van der Waals surface area contributed by atoms with E-state index in [-0.39, 0.29) is 23.6 Å². The van der Waals surface area contributed by atoms with Crippen LogP contribution in [0.25, 0.3) is 0 Å². The average molecular weight is 328 g/mol. The third kappa shape index (κ3) is 4.28. The summed E-state index contributed by atoms with van der Waals surface area (Å²) in [6.07, 6.45) is 0. The first kappa shape index (κ1) is 18.1. The van der Waals surface area contributed by atoms with E-state index in [4.69, 9.17) is 10.5 Å². The van der Waals surface area contributed by atoms with E-state index in [1.165, 1.54) is 24.3 Å². The van der Waals surface area contributed by atoms with Crippen molar-refractivity contribution in [3.05, 3.63) is 29.8 Å². The van der Waals surface area contributed by atoms with Crippen LogP contribution in [0.5, 0.6) is 0 Å². The maximum absolute atomic E-state index is 12.6. The Bertz CT molecular complexity index is 638. The summed E-state index contributed by atoms with van der Waals surface area (Å²) >= 11 is 0. The first-order chi connectivity index (χ1) is 10.2. The van der Waals surface area contributed by atoms with E-state index in [1.54, 1.807) is 20.8 Å². The van der Waals surface area contributed by atoms with Crippen molar-refractivity contribution in [1.29, 1.82) is 0 Å². The molecular formula is C14H20N2O5S. The fraction of sp³-hybridized carbons (Fsp3) is 0.429. The van der Waals surface area contributed by atoms with Crippen molar-refractivity contribution < 1.29 is 22.7 Å². The van der Waals surface area contributed by atoms with Gasteiger partial charge in [-0.3, -0.25) is 9.59 Å². The number of hydrogen-bond donors (Lipinski definition) is 1. The summed E-state index contributed by atoms with van der Waals surface area (Å²) in [6, 6.07) is 4.81. The zero-order chi connectivity index (χ0) is 16.9. The molecule has 0 aliphatic rings. The van der Waals surface area contributed by atoms with Gasteiger partial charge in [0, 0.05) is 11.6 Å². The first-order valence-electron chi connectivity index (χ1n) is 6.77. The lowest BCUT2D eigenvalue weighted by molar-refractivity contribution is -0.143. The summed E-state index contributed by atoms with van der Waals surface area (Å²) in [7, 11) is -3.88. The van der Waals surface area contributed by atoms with E-state index in [9.17, 15) is 18.0 Å². The molecule has 0 saturated carbocycles. The molecule has 2 N–H and O–H groups in total. The van der Waals surface area contributed by atoms with Gasteiger partial charge < -0.3 is 10.5 Å². The van der Waals surface area contributed by atoms with E-state index >= 15 is 0 Å². The van der Waals surface area contributed by atoms with E-state index in [0.29, 0.717) is 0 Å². The second-order valence-corrected chi connectivity index (χ2v) is 6.73. The predicted molar refractivity (Wildman–Crippen MR) is 80.6 cm³/mol. The lowest BCUT2D eigenvalue weighted by atomic mass is 10.2. The number of nitrogens with zero attached hydrogens (tertiary/aromatic N) is 1. The summed E-state index contributed by atoms with van der Waals surface area (Å²) in [4.78, 5) is 22.6. The molecule has 0 spiro atoms. The number of hydrogen-bond acceptors (Lipinski definition) is 5. The molecule has 22 heavy (non-hydrogen) atoms. The number of carbonyl (C=O) groups excluding carboxylic acids is 2. The third-order valence-corrected chi connectivity index (χ3v) is 4.95. The van der Waals surface area contributed by atoms with Gasteiger partial charge in [0.1, 0.15) is 6.54 Å². The van der Waals surface area contributed by atoms with Gasteiger partial charge in [-0.1, -0.05) is 0 Å². The Balaban J connectivity index is 3.11. The Morgan fingerprint density at radius 1 is 1.23 bits per heavy atom. The number of benzene rings is 1. The van der Waals surface area contributed by atoms with Crippen LogP contribution in [0.4, 0.5) is 0 Å². The third-order valence-electron chi connectivity index (χ3n) is 2.91. The molecule has 7 nitrogen and oxygen atoms in total. The zero-order valence-corrected chi connectivity index (χ0v) is 13.6. The van der Waals surface area contributed by atoms with Crippen molar-refractivity contribution >= 4 is 21.9 Å². The first-order valence-corrected chi connectivity index (χ1v) is 8.21. The summed E-state index contributed by atoms with van der Waals surface area (Å²) < 4.78 is 31.0. The molecule has 1 amide bonds. The smallest absolute Gasteiger partial charge is 0.321 e. The van der Waals surface area contributed by atoms with Crippen LogP contribution in [-0.2, 0) is 19.6 Å². The van der Waals surface area contributed by atoms with Crippen LogP contribution >= 0.6 is 0 Å². The van der Waals surface area contributed by atoms with Crippen LogP contribution in [0, 0.1) is 0 Å². The lowest BCUT2D eigenvalue weighted by Gasteiger charge is -2.24. The van der Waals surface area contributed by atoms with Crippen LogP contribution in [0.1, 0.15) is 31.1 Å². The maximum atomic E-state index is 12.6. The molecular weight excluding hydrogens is 308 g/mol. The summed E-state index contributed by atoms with van der Waals surface area (Å²) in [5.41, 5.74) is 5.33. The molecule has 0 aromatic heterocycles. The van der Waals surface area contributed by atoms with Gasteiger partial charge in [-0.15, -0.1) is 0 Å². The van der Waals surface area contributed by atoms with Gasteiger partial charge in [-0.05, 0) is 45.0 Å². The van der Waals surface area contributed by atoms with Gasteiger partial charge in [-0.25, -0.2) is 8.42 Å². The molecule has 0 aliphatic carbocycles. The Kier molecular flexibility index (Phi) is 6.07. The van der Waals surface area contributed by atoms with Gasteiger partial charge in [-0.2, -0.15) is 4.31 Å². The maximum Gasteiger partial charge on any atom is 0.321 e. The van der Waals surface area contributed by atoms with Crippen molar-refractivity contribution in [2.45, 2.75) is 31.7 Å². The van der Waals surface area contributed by atoms with E-state index < -0.39 is 27.9 Å². The van der Waals surface area contributed by atoms with Crippen LogP contribution in [-0.4, -0.2) is 43.8 Å². The number of primary amides is 1. The molecule has 1 aromatic carbocycles. The number of sulfonamides is 1. The van der Waals surface area contributed by atoms with E-state index in [2.05, 4.69) is 0 Å². The molecule has 8 heteroatoms. The van der Waals surface area contributed by atoms with Crippen LogP contribution in [0.2, 0.25) is 0 Å². The molecule has 0 heterocycles. The number of rotatable bonds is 7. The van der Waals surface area contributed by atoms with Crippen LogP contribution in [0.15, 0.2) is 29.2 Å². The highest BCUT2D eigenvalue weighted by Crippen LogP contribution is 2.19. The van der Waals surface area contributed by atoms with Gasteiger partial charge >= 0.3 is 5.97 Å². The minimum absolute atomic E-state index is 0.0181. The molecule has 0 aliphatic heterocycles. The van der Waals surface area contributed by atoms with Gasteiger partial charge in [0.2, 0.25) is 15.9 Å². The Morgan fingerprint density at radius 2 is 1.77 bits per heavy atom. The lowest BCUT2D eigenvalue weighted by Crippen LogP contribution is -2.41. The molecule has 0 atom stereocenters. The molecule has 0 bridgehead atoms. The van der Waals surface area contributed by atoms with E-state index in [0.717, 1.165) is 4.31 Å². The highest BCUT2D eigenvalue weighted by molar-refractivity contribution is 7.89. The number of amides is 1. The predicted octanol–water partition coefficient (Wildman–Crippen LogP) is 0.748. The minimum Gasteiger partial charge on any atom is -0.465 e. The van der Waals surface area contributed by atoms with Gasteiger partial charge in [0.15, 0.2) is 0 Å². The summed E-state index contributed by atoms with van der Waals surface area (Å²) in [6.45, 7) is 4.78. The molecule has 0 radical (unpaired) electrons. The van der Waals surface area contributed by atoms with Crippen molar-refractivity contribution in [3.8, 4) is 0 Å². The van der Waals surface area contributed by atoms with Crippen LogP contribution < -0.4 is 5.73 Å². The van der Waals surface area contributed by atoms with Crippen molar-refractivity contribution in [2.24, 2.45) is 5.73 Å². The number of ether oxygens (including phenoxy) is 1. The van der Waals surface area contributed by atoms with Crippen molar-refractivity contribution in [3.63, 3.8) is 0 Å². The fourth-order valence-electron chi connectivity index (χ4n) is 1.81. The minimum atomic E-state index is -3.88. The second-order valence-electron chi connectivity index (χ2n) is 4.84. The highest BCUT2D eigenvalue weighted by Gasteiger charge is 2.29. The zero-order valence-electron chi connectivity index (χ0n) is 12.8. The number of carbonyl (C=O) groups is 2. The normalized spacial score (nSPS) is 11.7. The van der Waals surface area contributed by atoms with Gasteiger partial charge in [0.05, 0.1) is 11.5 Å². The van der Waals surface area contributed by atoms with Crippen molar-refractivity contribution in [2.75, 3.05) is 13.2 Å². The SMILES string of the molecule is CCOC(=O)CN(C(C)C)S(=O)(=O)c1ccc(C(N)=O)cc1. The Morgan fingerprint density at radius 3 is 2.18 bits per heavy atom. The van der Waals surface area contributed by atoms with Crippen LogP contribution in [0.3, 0.4) is 0 Å². The molecule has 122 valence electrons. The Hall–Kier alpha value is -1.93. The topological polar surface area (TPSA) is 107 Å². The van der Waals surface area contributed by atoms with E-state index in [1.807, 2.05) is 0 Å². The molecule has 0 saturated heterocycles. The highest BCUT2D eigenvalue weighted by atomic mass is 32.2. The number of nitrogens with two attached hydrogens (primary N) is 1. The Labute approximate surface area is 130 Å². The average Bonchev–Trinajstić information content (AvgIpc) is 2.44. The fourth-order valence-corrected chi connectivity index (χ4v) is 3.39. The molecule has 1 rings (SSSR count). The van der Waals surface area contributed by atoms with Crippen molar-refractivity contribution in [1.82, 2.24) is 4.31 Å². The standard InChI is InChI=1S/C14H20N2O5S/c1-4-21-13(17)9-16(10(2)3)22(19,20)12-7-5-11(6-8-12)14(15)18/h5-8,10H,4,9H2,1-3H3,(H2,15,18). The quantitative estimate of drug-likeness (QED) is 0.743. The molecule has 0 unspecified atom stereocenters. The molecule has 1 aromatic rings. The summed E-state index contributed by atoms with van der Waals surface area (Å²) in [5, 5.41) is 0. The number of esters is 1. The second kappa shape index (κ2) is 7.37. The summed E-state index contributed by atoms with van der Waals surface area (Å²) in [5.74, 6) is -1.26. The largest absolute Gasteiger partial charge is 0.465 e. The molecule has 0 fully saturated rings. The monoisotopic (exact) mass is 328 g/mol.